The quantitative estimate of drug-likeness (QED) is 0.909. The van der Waals surface area contributed by atoms with E-state index in [1.165, 1.54) is 17.2 Å². The summed E-state index contributed by atoms with van der Waals surface area (Å²) in [5.41, 5.74) is 0.689. The van der Waals surface area contributed by atoms with E-state index >= 15 is 0 Å². The highest BCUT2D eigenvalue weighted by Gasteiger charge is 2.16. The van der Waals surface area contributed by atoms with Crippen LogP contribution in [0.4, 0.5) is 4.79 Å². The van der Waals surface area contributed by atoms with Gasteiger partial charge in [0, 0.05) is 0 Å². The first-order chi connectivity index (χ1) is 9.06. The van der Waals surface area contributed by atoms with Crippen LogP contribution in [-0.2, 0) is 6.54 Å². The van der Waals surface area contributed by atoms with Gasteiger partial charge < -0.3 is 10.4 Å². The second-order valence-electron chi connectivity index (χ2n) is 3.76. The van der Waals surface area contributed by atoms with Gasteiger partial charge in [0.25, 0.3) is 0 Å². The summed E-state index contributed by atoms with van der Waals surface area (Å²) in [5.74, 6) is 0. The molecule has 0 fully saturated rings. The van der Waals surface area contributed by atoms with Gasteiger partial charge in [-0.1, -0.05) is 29.3 Å². The van der Waals surface area contributed by atoms with E-state index in [0.717, 1.165) is 0 Å². The lowest BCUT2D eigenvalue weighted by molar-refractivity contribution is 0.187. The Hall–Kier alpha value is -1.79. The molecule has 0 spiro atoms. The lowest BCUT2D eigenvalue weighted by Gasteiger charge is -2.17. The fraction of sp³-hybridized carbons (Fsp3) is 0.182. The maximum absolute atomic E-state index is 10.8. The Labute approximate surface area is 118 Å². The molecule has 19 heavy (non-hydrogen) atoms. The number of hydrogen-bond acceptors (Lipinski definition) is 3. The van der Waals surface area contributed by atoms with Crippen LogP contribution in [0.5, 0.6) is 0 Å². The van der Waals surface area contributed by atoms with Gasteiger partial charge in [0.2, 0.25) is 0 Å². The van der Waals surface area contributed by atoms with Gasteiger partial charge in [-0.05, 0) is 17.7 Å². The monoisotopic (exact) mass is 300 g/mol. The van der Waals surface area contributed by atoms with Crippen molar-refractivity contribution in [3.8, 4) is 0 Å². The molecule has 1 unspecified atom stereocenters. The molecule has 0 bridgehead atoms. The average molecular weight is 301 g/mol. The smallest absolute Gasteiger partial charge is 0.405 e. The SMILES string of the molecule is O=C(O)NC(Cn1nccn1)c1ccc(Cl)c(Cl)c1. The number of carbonyl (C=O) groups is 1. The summed E-state index contributed by atoms with van der Waals surface area (Å²) in [6, 6.07) is 4.43. The molecule has 1 amide bonds. The van der Waals surface area contributed by atoms with Gasteiger partial charge in [-0.25, -0.2) is 4.79 Å². The summed E-state index contributed by atoms with van der Waals surface area (Å²) in [5, 5.41) is 19.9. The van der Waals surface area contributed by atoms with Crippen LogP contribution in [0.15, 0.2) is 30.6 Å². The molecule has 6 nitrogen and oxygen atoms in total. The minimum atomic E-state index is -1.14. The lowest BCUT2D eigenvalue weighted by atomic mass is 10.1. The first kappa shape index (κ1) is 13.6. The molecule has 1 aromatic heterocycles. The van der Waals surface area contributed by atoms with Crippen LogP contribution in [0.3, 0.4) is 0 Å². The van der Waals surface area contributed by atoms with Crippen LogP contribution < -0.4 is 5.32 Å². The number of amides is 1. The van der Waals surface area contributed by atoms with Crippen LogP contribution in [-0.4, -0.2) is 26.2 Å². The van der Waals surface area contributed by atoms with E-state index in [2.05, 4.69) is 15.5 Å². The number of carboxylic acid groups (broad SMARTS) is 1. The molecule has 100 valence electrons. The summed E-state index contributed by atoms with van der Waals surface area (Å²) in [4.78, 5) is 12.2. The first-order valence-electron chi connectivity index (χ1n) is 5.35. The molecule has 0 saturated carbocycles. The van der Waals surface area contributed by atoms with Gasteiger partial charge in [-0.2, -0.15) is 15.0 Å². The Bertz CT molecular complexity index is 574. The van der Waals surface area contributed by atoms with Gasteiger partial charge in [0.15, 0.2) is 0 Å². The first-order valence-corrected chi connectivity index (χ1v) is 6.10. The molecule has 1 heterocycles. The normalized spacial score (nSPS) is 12.1. The molecule has 1 aromatic carbocycles. The zero-order chi connectivity index (χ0) is 13.8. The molecule has 2 N–H and O–H groups in total. The molecule has 2 aromatic rings. The molecular formula is C11H10Cl2N4O2. The predicted molar refractivity (Wildman–Crippen MR) is 70.4 cm³/mol. The van der Waals surface area contributed by atoms with Gasteiger partial charge in [0.1, 0.15) is 0 Å². The van der Waals surface area contributed by atoms with Crippen molar-refractivity contribution in [3.05, 3.63) is 46.2 Å². The summed E-state index contributed by atoms with van der Waals surface area (Å²) in [6.45, 7) is 0.261. The van der Waals surface area contributed by atoms with Crippen molar-refractivity contribution in [3.63, 3.8) is 0 Å². The van der Waals surface area contributed by atoms with Gasteiger partial charge in [-0.3, -0.25) is 0 Å². The molecule has 8 heteroatoms. The predicted octanol–water partition coefficient (Wildman–Crippen LogP) is 2.59. The van der Waals surface area contributed by atoms with E-state index in [4.69, 9.17) is 28.3 Å². The summed E-state index contributed by atoms with van der Waals surface area (Å²) >= 11 is 11.8. The summed E-state index contributed by atoms with van der Waals surface area (Å²) in [7, 11) is 0. The number of benzene rings is 1. The molecule has 0 aliphatic heterocycles. The number of nitrogens with one attached hydrogen (secondary N) is 1. The topological polar surface area (TPSA) is 80.0 Å². The molecule has 2 rings (SSSR count). The van der Waals surface area contributed by atoms with Gasteiger partial charge in [-0.15, -0.1) is 0 Å². The maximum Gasteiger partial charge on any atom is 0.405 e. The zero-order valence-electron chi connectivity index (χ0n) is 9.62. The number of aromatic nitrogens is 3. The third-order valence-electron chi connectivity index (χ3n) is 2.46. The minimum Gasteiger partial charge on any atom is -0.465 e. The van der Waals surface area contributed by atoms with Crippen LogP contribution in [0, 0.1) is 0 Å². The number of halogens is 2. The minimum absolute atomic E-state index is 0.261. The molecule has 0 radical (unpaired) electrons. The maximum atomic E-state index is 10.8. The zero-order valence-corrected chi connectivity index (χ0v) is 11.1. The van der Waals surface area contributed by atoms with E-state index < -0.39 is 12.1 Å². The molecule has 0 saturated heterocycles. The standard InChI is InChI=1S/C11H10Cl2N4O2/c12-8-2-1-7(5-9(8)13)10(16-11(18)19)6-17-14-3-4-15-17/h1-5,10,16H,6H2,(H,18,19). The lowest BCUT2D eigenvalue weighted by Crippen LogP contribution is -2.30. The van der Waals surface area contributed by atoms with Crippen molar-refractivity contribution in [2.24, 2.45) is 0 Å². The van der Waals surface area contributed by atoms with Crippen molar-refractivity contribution in [2.75, 3.05) is 0 Å². The Kier molecular flexibility index (Phi) is 4.24. The van der Waals surface area contributed by atoms with Crippen molar-refractivity contribution in [1.29, 1.82) is 0 Å². The fourth-order valence-corrected chi connectivity index (χ4v) is 1.92. The Morgan fingerprint density at radius 2 is 2.00 bits per heavy atom. The van der Waals surface area contributed by atoms with Crippen LogP contribution in [0.25, 0.3) is 0 Å². The van der Waals surface area contributed by atoms with E-state index in [9.17, 15) is 4.79 Å². The molecular weight excluding hydrogens is 291 g/mol. The highest BCUT2D eigenvalue weighted by atomic mass is 35.5. The Balaban J connectivity index is 2.25. The Morgan fingerprint density at radius 3 is 2.58 bits per heavy atom. The highest BCUT2D eigenvalue weighted by Crippen LogP contribution is 2.26. The molecule has 0 aliphatic rings. The van der Waals surface area contributed by atoms with Crippen molar-refractivity contribution < 1.29 is 9.90 Å². The largest absolute Gasteiger partial charge is 0.465 e. The second kappa shape index (κ2) is 5.90. The van der Waals surface area contributed by atoms with E-state index in [-0.39, 0.29) is 6.54 Å². The summed E-state index contributed by atoms with van der Waals surface area (Å²) < 4.78 is 0. The average Bonchev–Trinajstić information content (AvgIpc) is 2.84. The van der Waals surface area contributed by atoms with Gasteiger partial charge >= 0.3 is 6.09 Å². The molecule has 0 aliphatic carbocycles. The van der Waals surface area contributed by atoms with Crippen LogP contribution >= 0.6 is 23.2 Å². The Morgan fingerprint density at radius 1 is 1.32 bits per heavy atom. The van der Waals surface area contributed by atoms with E-state index in [1.807, 2.05) is 0 Å². The third kappa shape index (κ3) is 3.59. The second-order valence-corrected chi connectivity index (χ2v) is 4.57. The number of rotatable bonds is 4. The van der Waals surface area contributed by atoms with Crippen LogP contribution in [0.2, 0.25) is 10.0 Å². The van der Waals surface area contributed by atoms with Crippen molar-refractivity contribution in [1.82, 2.24) is 20.3 Å². The fourth-order valence-electron chi connectivity index (χ4n) is 1.61. The number of nitrogens with zero attached hydrogens (tertiary/aromatic N) is 3. The van der Waals surface area contributed by atoms with Crippen molar-refractivity contribution >= 4 is 29.3 Å². The van der Waals surface area contributed by atoms with Crippen molar-refractivity contribution in [2.45, 2.75) is 12.6 Å². The van der Waals surface area contributed by atoms with E-state index in [0.29, 0.717) is 15.6 Å². The summed E-state index contributed by atoms with van der Waals surface area (Å²) in [6.07, 6.45) is 1.91. The molecule has 1 atom stereocenters. The van der Waals surface area contributed by atoms with E-state index in [1.54, 1.807) is 18.2 Å². The number of hydrogen-bond donors (Lipinski definition) is 2. The highest BCUT2D eigenvalue weighted by molar-refractivity contribution is 6.42. The third-order valence-corrected chi connectivity index (χ3v) is 3.20. The van der Waals surface area contributed by atoms with Crippen LogP contribution in [0.1, 0.15) is 11.6 Å². The van der Waals surface area contributed by atoms with Gasteiger partial charge in [0.05, 0.1) is 35.0 Å².